The molecule has 0 amide bonds. The van der Waals surface area contributed by atoms with Crippen LogP contribution in [0.2, 0.25) is 0 Å². The normalized spacial score (nSPS) is 14.1. The molecular weight excluding hydrogens is 224 g/mol. The van der Waals surface area contributed by atoms with Gasteiger partial charge in [0.1, 0.15) is 12.4 Å². The predicted octanol–water partition coefficient (Wildman–Crippen LogP) is 0.681. The predicted molar refractivity (Wildman–Crippen MR) is 61.7 cm³/mol. The van der Waals surface area contributed by atoms with Crippen molar-refractivity contribution in [3.63, 3.8) is 0 Å². The highest BCUT2D eigenvalue weighted by atomic mass is 28.4. The van der Waals surface area contributed by atoms with Gasteiger partial charge < -0.3 is 13.3 Å². The van der Waals surface area contributed by atoms with Gasteiger partial charge in [0, 0.05) is 21.3 Å². The van der Waals surface area contributed by atoms with E-state index in [-0.39, 0.29) is 5.67 Å². The van der Waals surface area contributed by atoms with Crippen molar-refractivity contribution in [3.05, 3.63) is 18.7 Å². The van der Waals surface area contributed by atoms with Crippen molar-refractivity contribution in [3.8, 4) is 0 Å². The van der Waals surface area contributed by atoms with Crippen LogP contribution in [0.3, 0.4) is 0 Å². The van der Waals surface area contributed by atoms with Crippen LogP contribution in [0.15, 0.2) is 18.7 Å². The zero-order valence-electron chi connectivity index (χ0n) is 10.6. The van der Waals surface area contributed by atoms with Gasteiger partial charge in [-0.05, 0) is 6.42 Å². The summed E-state index contributed by atoms with van der Waals surface area (Å²) in [7, 11) is 4.29. The highest BCUT2D eigenvalue weighted by Gasteiger charge is 2.50. The molecule has 0 spiro atoms. The lowest BCUT2D eigenvalue weighted by Crippen LogP contribution is -2.51. The molecule has 0 aliphatic rings. The van der Waals surface area contributed by atoms with E-state index in [0.29, 0.717) is 0 Å². The van der Waals surface area contributed by atoms with Gasteiger partial charge in [-0.15, -0.1) is 0 Å². The maximum Gasteiger partial charge on any atom is 0.547 e. The summed E-state index contributed by atoms with van der Waals surface area (Å²) in [5, 5.41) is 0. The summed E-state index contributed by atoms with van der Waals surface area (Å²) >= 11 is 0. The standard InChI is InChI=1S/C10H21N2O3Si/c1-6-10(12-8-7-11(2)9-12)16(13-3,14-4)15-5/h7-10H,6H2,1-5H3/q+1. The summed E-state index contributed by atoms with van der Waals surface area (Å²) in [6.07, 6.45) is 6.90. The first kappa shape index (κ1) is 13.4. The molecule has 5 nitrogen and oxygen atoms in total. The Kier molecular flexibility index (Phi) is 4.66. The maximum atomic E-state index is 5.52. The molecule has 1 aromatic rings. The highest BCUT2D eigenvalue weighted by molar-refractivity contribution is 6.61. The Morgan fingerprint density at radius 3 is 2.12 bits per heavy atom. The summed E-state index contributed by atoms with van der Waals surface area (Å²) in [6.45, 7) is 2.10. The quantitative estimate of drug-likeness (QED) is 0.546. The molecule has 1 atom stereocenters. The topological polar surface area (TPSA) is 36.5 Å². The Balaban J connectivity index is 3.04. The van der Waals surface area contributed by atoms with Gasteiger partial charge in [0.05, 0.1) is 7.05 Å². The number of aryl methyl sites for hydroxylation is 1. The molecule has 0 fully saturated rings. The maximum absolute atomic E-state index is 5.52. The summed E-state index contributed by atoms with van der Waals surface area (Å²) in [4.78, 5) is 0. The minimum atomic E-state index is -2.62. The van der Waals surface area contributed by atoms with Crippen LogP contribution in [-0.2, 0) is 20.3 Å². The first-order chi connectivity index (χ1) is 7.63. The third kappa shape index (κ3) is 2.35. The van der Waals surface area contributed by atoms with E-state index in [1.165, 1.54) is 0 Å². The minimum absolute atomic E-state index is 0.105. The van der Waals surface area contributed by atoms with E-state index in [1.807, 2.05) is 30.3 Å². The van der Waals surface area contributed by atoms with E-state index < -0.39 is 8.80 Å². The second-order valence-electron chi connectivity index (χ2n) is 3.67. The monoisotopic (exact) mass is 245 g/mol. The number of imidazole rings is 1. The van der Waals surface area contributed by atoms with Crippen molar-refractivity contribution < 1.29 is 17.8 Å². The van der Waals surface area contributed by atoms with Crippen molar-refractivity contribution in [1.82, 2.24) is 4.57 Å². The molecule has 1 unspecified atom stereocenters. The Labute approximate surface area is 97.9 Å². The third-order valence-corrected chi connectivity index (χ3v) is 6.03. The third-order valence-electron chi connectivity index (χ3n) is 2.80. The largest absolute Gasteiger partial charge is 0.547 e. The van der Waals surface area contributed by atoms with Gasteiger partial charge in [0.25, 0.3) is 0 Å². The molecule has 16 heavy (non-hydrogen) atoms. The first-order valence-corrected chi connectivity index (χ1v) is 7.11. The molecule has 0 aliphatic carbocycles. The van der Waals surface area contributed by atoms with Crippen LogP contribution < -0.4 is 4.57 Å². The summed E-state index contributed by atoms with van der Waals surface area (Å²) in [6, 6.07) is 0. The zero-order chi connectivity index (χ0) is 12.2. The smallest absolute Gasteiger partial charge is 0.374 e. The highest BCUT2D eigenvalue weighted by Crippen LogP contribution is 2.25. The van der Waals surface area contributed by atoms with Gasteiger partial charge >= 0.3 is 8.80 Å². The van der Waals surface area contributed by atoms with Crippen LogP contribution in [0.1, 0.15) is 19.0 Å². The van der Waals surface area contributed by atoms with Crippen LogP contribution in [0.5, 0.6) is 0 Å². The van der Waals surface area contributed by atoms with Gasteiger partial charge in [-0.1, -0.05) is 6.92 Å². The Bertz CT molecular complexity index is 317. The lowest BCUT2D eigenvalue weighted by molar-refractivity contribution is -0.671. The van der Waals surface area contributed by atoms with E-state index in [9.17, 15) is 0 Å². The second kappa shape index (κ2) is 5.58. The first-order valence-electron chi connectivity index (χ1n) is 5.31. The Hall–Kier alpha value is -0.693. The van der Waals surface area contributed by atoms with Crippen molar-refractivity contribution in [2.24, 2.45) is 7.05 Å². The van der Waals surface area contributed by atoms with E-state index in [2.05, 4.69) is 11.5 Å². The van der Waals surface area contributed by atoms with E-state index in [4.69, 9.17) is 13.3 Å². The zero-order valence-corrected chi connectivity index (χ0v) is 11.6. The van der Waals surface area contributed by atoms with Crippen LogP contribution in [-0.4, -0.2) is 34.7 Å². The molecule has 92 valence electrons. The van der Waals surface area contributed by atoms with E-state index in [0.717, 1.165) is 6.42 Å². The number of hydrogen-bond acceptors (Lipinski definition) is 3. The summed E-state index contributed by atoms with van der Waals surface area (Å²) < 4.78 is 20.6. The fourth-order valence-electron chi connectivity index (χ4n) is 1.96. The molecule has 6 heteroatoms. The van der Waals surface area contributed by atoms with Crippen LogP contribution in [0, 0.1) is 0 Å². The number of hydrogen-bond donors (Lipinski definition) is 0. The molecule has 0 saturated heterocycles. The Morgan fingerprint density at radius 2 is 1.81 bits per heavy atom. The molecule has 0 bridgehead atoms. The van der Waals surface area contributed by atoms with E-state index in [1.54, 1.807) is 21.3 Å². The summed E-state index contributed by atoms with van der Waals surface area (Å²) in [5.41, 5.74) is 0.105. The SMILES string of the molecule is CCC(n1cc[n+](C)c1)[Si](OC)(OC)OC. The van der Waals surface area contributed by atoms with Crippen LogP contribution in [0.4, 0.5) is 0 Å². The lowest BCUT2D eigenvalue weighted by Gasteiger charge is -2.29. The van der Waals surface area contributed by atoms with Crippen molar-refractivity contribution in [2.75, 3.05) is 21.3 Å². The van der Waals surface area contributed by atoms with Crippen LogP contribution >= 0.6 is 0 Å². The number of aromatic nitrogens is 2. The molecule has 1 aromatic heterocycles. The average Bonchev–Trinajstić information content (AvgIpc) is 2.72. The van der Waals surface area contributed by atoms with Gasteiger partial charge in [0.15, 0.2) is 5.67 Å². The van der Waals surface area contributed by atoms with Gasteiger partial charge in [-0.25, -0.2) is 9.13 Å². The molecular formula is C10H21N2O3Si+. The molecule has 1 heterocycles. The van der Waals surface area contributed by atoms with Gasteiger partial charge in [0.2, 0.25) is 6.33 Å². The number of nitrogens with zero attached hydrogens (tertiary/aromatic N) is 2. The van der Waals surface area contributed by atoms with E-state index >= 15 is 0 Å². The molecule has 0 radical (unpaired) electrons. The molecule has 0 aromatic carbocycles. The average molecular weight is 245 g/mol. The molecule has 0 aliphatic heterocycles. The Morgan fingerprint density at radius 1 is 1.25 bits per heavy atom. The number of rotatable bonds is 6. The molecule has 0 N–H and O–H groups in total. The van der Waals surface area contributed by atoms with Crippen molar-refractivity contribution >= 4 is 8.80 Å². The van der Waals surface area contributed by atoms with Crippen LogP contribution in [0.25, 0.3) is 0 Å². The van der Waals surface area contributed by atoms with Gasteiger partial charge in [-0.3, -0.25) is 0 Å². The van der Waals surface area contributed by atoms with Crippen molar-refractivity contribution in [1.29, 1.82) is 0 Å². The summed E-state index contributed by atoms with van der Waals surface area (Å²) in [5.74, 6) is 0. The molecule has 1 rings (SSSR count). The minimum Gasteiger partial charge on any atom is -0.374 e. The fourth-order valence-corrected chi connectivity index (χ4v) is 4.29. The second-order valence-corrected chi connectivity index (χ2v) is 6.76. The van der Waals surface area contributed by atoms with Crippen molar-refractivity contribution in [2.45, 2.75) is 19.0 Å². The lowest BCUT2D eigenvalue weighted by atomic mass is 10.5. The fraction of sp³-hybridized carbons (Fsp3) is 0.700. The molecule has 0 saturated carbocycles. The van der Waals surface area contributed by atoms with Gasteiger partial charge in [-0.2, -0.15) is 0 Å².